The largest absolute Gasteiger partial charge is 0.437 e. The third-order valence-corrected chi connectivity index (χ3v) is 4.52. The third-order valence-electron chi connectivity index (χ3n) is 4.52. The summed E-state index contributed by atoms with van der Waals surface area (Å²) < 4.78 is 5.94. The molecule has 2 aliphatic heterocycles. The number of hydrogen-bond acceptors (Lipinski definition) is 6. The molecular weight excluding hydrogens is 316 g/mol. The fourth-order valence-corrected chi connectivity index (χ4v) is 2.86. The van der Waals surface area contributed by atoms with Crippen LogP contribution in [0.4, 0.5) is 11.5 Å². The lowest BCUT2D eigenvalue weighted by atomic mass is 10.1. The van der Waals surface area contributed by atoms with Crippen LogP contribution in [-0.4, -0.2) is 29.1 Å². The van der Waals surface area contributed by atoms with E-state index in [9.17, 15) is 4.79 Å². The van der Waals surface area contributed by atoms with Crippen molar-refractivity contribution in [3.63, 3.8) is 0 Å². The van der Waals surface area contributed by atoms with Crippen LogP contribution in [0.3, 0.4) is 0 Å². The number of rotatable bonds is 6. The molecule has 0 radical (unpaired) electrons. The average Bonchev–Trinajstić information content (AvgIpc) is 2.61. The van der Waals surface area contributed by atoms with Crippen molar-refractivity contribution in [3.8, 4) is 11.5 Å². The van der Waals surface area contributed by atoms with Crippen molar-refractivity contribution in [2.45, 2.75) is 40.2 Å². The van der Waals surface area contributed by atoms with E-state index in [2.05, 4.69) is 47.0 Å². The lowest BCUT2D eigenvalue weighted by Gasteiger charge is -2.21. The molecular formula is C19H24N4O2. The molecule has 132 valence electrons. The molecule has 1 unspecified atom stereocenters. The highest BCUT2D eigenvalue weighted by Gasteiger charge is 2.18. The molecule has 6 heteroatoms. The van der Waals surface area contributed by atoms with Crippen LogP contribution in [0, 0.1) is 0 Å². The van der Waals surface area contributed by atoms with Gasteiger partial charge in [-0.25, -0.2) is 4.79 Å². The maximum atomic E-state index is 11.8. The number of aromatic nitrogens is 2. The first-order valence-corrected chi connectivity index (χ1v) is 8.82. The molecule has 0 spiro atoms. The average molecular weight is 340 g/mol. The van der Waals surface area contributed by atoms with Crippen molar-refractivity contribution in [3.05, 3.63) is 34.7 Å². The van der Waals surface area contributed by atoms with Crippen molar-refractivity contribution in [1.29, 1.82) is 0 Å². The van der Waals surface area contributed by atoms with Gasteiger partial charge in [0.1, 0.15) is 11.4 Å². The van der Waals surface area contributed by atoms with E-state index < -0.39 is 5.69 Å². The molecule has 0 saturated carbocycles. The molecule has 0 aliphatic carbocycles. The number of nitrogens with one attached hydrogen (secondary N) is 1. The highest BCUT2D eigenvalue weighted by atomic mass is 16.3. The van der Waals surface area contributed by atoms with Crippen molar-refractivity contribution in [2.24, 2.45) is 0 Å². The van der Waals surface area contributed by atoms with Crippen LogP contribution in [-0.2, 0) is 0 Å². The van der Waals surface area contributed by atoms with Crippen LogP contribution in [0.15, 0.2) is 33.5 Å². The molecule has 0 saturated heterocycles. The maximum absolute atomic E-state index is 11.8. The molecule has 3 rings (SSSR count). The number of benzene rings is 1. The molecule has 2 heterocycles. The molecule has 0 amide bonds. The van der Waals surface area contributed by atoms with Gasteiger partial charge in [0.05, 0.1) is 5.56 Å². The predicted octanol–water partition coefficient (Wildman–Crippen LogP) is 3.74. The van der Waals surface area contributed by atoms with Crippen LogP contribution in [0.5, 0.6) is 0 Å². The molecule has 0 bridgehead atoms. The molecule has 1 N–H and O–H groups in total. The number of hydrogen-bond donors (Lipinski definition) is 1. The predicted molar refractivity (Wildman–Crippen MR) is 102 cm³/mol. The normalized spacial score (nSPS) is 12.5. The molecule has 0 fully saturated rings. The first kappa shape index (κ1) is 17.2. The number of nitrogens with zero attached hydrogens (tertiary/aromatic N) is 3. The van der Waals surface area contributed by atoms with Gasteiger partial charge in [0, 0.05) is 36.3 Å². The Bertz CT molecular complexity index is 902. The van der Waals surface area contributed by atoms with Gasteiger partial charge in [0.15, 0.2) is 0 Å². The lowest BCUT2D eigenvalue weighted by Crippen LogP contribution is -2.22. The van der Waals surface area contributed by atoms with E-state index in [4.69, 9.17) is 4.42 Å². The second-order valence-electron chi connectivity index (χ2n) is 6.17. The van der Waals surface area contributed by atoms with Gasteiger partial charge >= 0.3 is 5.69 Å². The second-order valence-corrected chi connectivity index (χ2v) is 6.17. The lowest BCUT2D eigenvalue weighted by molar-refractivity contribution is 0.593. The summed E-state index contributed by atoms with van der Waals surface area (Å²) in [6.07, 6.45) is 0.928. The van der Waals surface area contributed by atoms with E-state index in [1.165, 1.54) is 0 Å². The Labute approximate surface area is 147 Å². The van der Waals surface area contributed by atoms with Crippen molar-refractivity contribution < 1.29 is 4.42 Å². The van der Waals surface area contributed by atoms with E-state index in [0.29, 0.717) is 17.3 Å². The fourth-order valence-electron chi connectivity index (χ4n) is 2.86. The Hall–Kier alpha value is -2.63. The topological polar surface area (TPSA) is 71.3 Å². The zero-order valence-corrected chi connectivity index (χ0v) is 15.2. The fraction of sp³-hybridized carbons (Fsp3) is 0.421. The van der Waals surface area contributed by atoms with Gasteiger partial charge in [-0.05, 0) is 45.4 Å². The minimum Gasteiger partial charge on any atom is -0.437 e. The summed E-state index contributed by atoms with van der Waals surface area (Å²) in [6.45, 7) is 10.2. The molecule has 6 nitrogen and oxygen atoms in total. The molecule has 1 atom stereocenters. The Kier molecular flexibility index (Phi) is 4.88. The standard InChI is InChI=1S/C19H24N4O2/c1-5-12(4)20-17-15-10-13-8-9-14(23(6-2)7-3)11-16(13)25-18(15)22-19(24)21-17/h8-12H,5-7H2,1-4H3,(H,20,21,24). The van der Waals surface area contributed by atoms with Gasteiger partial charge in [-0.1, -0.05) is 6.92 Å². The van der Waals surface area contributed by atoms with Gasteiger partial charge in [0.25, 0.3) is 0 Å². The Morgan fingerprint density at radius 2 is 1.92 bits per heavy atom. The molecule has 25 heavy (non-hydrogen) atoms. The minimum absolute atomic E-state index is 0.207. The van der Waals surface area contributed by atoms with Gasteiger partial charge in [0.2, 0.25) is 5.89 Å². The third kappa shape index (κ3) is 3.43. The summed E-state index contributed by atoms with van der Waals surface area (Å²) in [5.41, 5.74) is 1.99. The van der Waals surface area contributed by atoms with E-state index >= 15 is 0 Å². The summed E-state index contributed by atoms with van der Waals surface area (Å²) in [6, 6.07) is 8.30. The first-order valence-electron chi connectivity index (χ1n) is 8.82. The Balaban J connectivity index is 2.16. The monoisotopic (exact) mass is 340 g/mol. The molecule has 2 aliphatic rings. The van der Waals surface area contributed by atoms with Crippen LogP contribution in [0.2, 0.25) is 0 Å². The summed E-state index contributed by atoms with van der Waals surface area (Å²) in [5, 5.41) is 4.22. The molecule has 0 aromatic heterocycles. The minimum atomic E-state index is -0.540. The summed E-state index contributed by atoms with van der Waals surface area (Å²) in [5.74, 6) is 0.845. The van der Waals surface area contributed by atoms with E-state index in [1.54, 1.807) is 0 Å². The Morgan fingerprint density at radius 1 is 1.16 bits per heavy atom. The van der Waals surface area contributed by atoms with Crippen molar-refractivity contribution in [1.82, 2.24) is 9.97 Å². The van der Waals surface area contributed by atoms with E-state index in [1.807, 2.05) is 25.1 Å². The highest BCUT2D eigenvalue weighted by molar-refractivity contribution is 5.87. The zero-order chi connectivity index (χ0) is 18.0. The number of anilines is 2. The SMILES string of the molecule is CCC(C)Nc1nc(=O)nc2oc3cc(N(CC)CC)ccc3cc1-2. The van der Waals surface area contributed by atoms with Gasteiger partial charge in [-0.2, -0.15) is 9.97 Å². The first-order chi connectivity index (χ1) is 12.0. The van der Waals surface area contributed by atoms with Gasteiger partial charge in [-0.15, -0.1) is 0 Å². The van der Waals surface area contributed by atoms with Crippen LogP contribution < -0.4 is 15.9 Å². The number of fused-ring (bicyclic) bond motifs is 2. The van der Waals surface area contributed by atoms with Crippen molar-refractivity contribution in [2.75, 3.05) is 23.3 Å². The summed E-state index contributed by atoms with van der Waals surface area (Å²) in [7, 11) is 0. The summed E-state index contributed by atoms with van der Waals surface area (Å²) in [4.78, 5) is 22.1. The molecule has 1 aromatic rings. The zero-order valence-electron chi connectivity index (χ0n) is 15.2. The quantitative estimate of drug-likeness (QED) is 0.689. The van der Waals surface area contributed by atoms with Crippen LogP contribution >= 0.6 is 0 Å². The molecule has 1 aromatic carbocycles. The van der Waals surface area contributed by atoms with Crippen LogP contribution in [0.1, 0.15) is 34.1 Å². The summed E-state index contributed by atoms with van der Waals surface area (Å²) >= 11 is 0. The maximum Gasteiger partial charge on any atom is 0.372 e. The van der Waals surface area contributed by atoms with Gasteiger partial charge in [-0.3, -0.25) is 0 Å². The second kappa shape index (κ2) is 7.09. The van der Waals surface area contributed by atoms with Gasteiger partial charge < -0.3 is 14.6 Å². The Morgan fingerprint density at radius 3 is 2.60 bits per heavy atom. The van der Waals surface area contributed by atoms with E-state index in [-0.39, 0.29) is 6.04 Å². The van der Waals surface area contributed by atoms with E-state index in [0.717, 1.165) is 36.1 Å². The van der Waals surface area contributed by atoms with Crippen LogP contribution in [0.25, 0.3) is 22.4 Å². The smallest absolute Gasteiger partial charge is 0.372 e. The van der Waals surface area contributed by atoms with Crippen molar-refractivity contribution >= 4 is 22.5 Å². The highest BCUT2D eigenvalue weighted by Crippen LogP contribution is 2.32.